The van der Waals surface area contributed by atoms with Crippen LogP contribution in [-0.4, -0.2) is 62.4 Å². The van der Waals surface area contributed by atoms with Gasteiger partial charge in [0.2, 0.25) is 0 Å². The highest BCUT2D eigenvalue weighted by Gasteiger charge is 2.26. The van der Waals surface area contributed by atoms with Crippen molar-refractivity contribution >= 4 is 0 Å². The first-order chi connectivity index (χ1) is 9.27. The van der Waals surface area contributed by atoms with E-state index in [-0.39, 0.29) is 6.61 Å². The highest BCUT2D eigenvalue weighted by Crippen LogP contribution is 2.30. The zero-order valence-corrected chi connectivity index (χ0v) is 12.0. The van der Waals surface area contributed by atoms with Crippen LogP contribution >= 0.6 is 0 Å². The predicted molar refractivity (Wildman–Crippen MR) is 74.1 cm³/mol. The number of rotatable bonds is 11. The smallest absolute Gasteiger partial charge is 0.0897 e. The molecule has 1 aliphatic rings. The van der Waals surface area contributed by atoms with Gasteiger partial charge in [-0.1, -0.05) is 6.42 Å². The van der Waals surface area contributed by atoms with E-state index in [0.717, 1.165) is 13.0 Å². The molecule has 3 unspecified atom stereocenters. The number of ether oxygens (including phenoxy) is 2. The van der Waals surface area contributed by atoms with Gasteiger partial charge < -0.3 is 25.0 Å². The van der Waals surface area contributed by atoms with Crippen LogP contribution in [0, 0.1) is 11.8 Å². The molecule has 1 saturated carbocycles. The standard InChI is InChI=1S/C14H29NO4/c1-2-18-6-7-19-11-14(17)9-15-8-12-4-3-5-13(12)10-16/h12-17H,2-11H2,1H3. The molecule has 1 rings (SSSR count). The third-order valence-electron chi connectivity index (χ3n) is 3.72. The van der Waals surface area contributed by atoms with Crippen molar-refractivity contribution in [1.29, 1.82) is 0 Å². The highest BCUT2D eigenvalue weighted by molar-refractivity contribution is 4.78. The molecule has 0 aliphatic heterocycles. The number of aliphatic hydroxyl groups excluding tert-OH is 2. The molecule has 0 spiro atoms. The molecule has 0 radical (unpaired) electrons. The van der Waals surface area contributed by atoms with Gasteiger partial charge in [0, 0.05) is 19.8 Å². The Morgan fingerprint density at radius 1 is 1.21 bits per heavy atom. The van der Waals surface area contributed by atoms with Crippen LogP contribution < -0.4 is 5.32 Å². The zero-order chi connectivity index (χ0) is 13.9. The summed E-state index contributed by atoms with van der Waals surface area (Å²) >= 11 is 0. The van der Waals surface area contributed by atoms with Crippen LogP contribution in [0.5, 0.6) is 0 Å². The molecule has 1 aliphatic carbocycles. The van der Waals surface area contributed by atoms with Crippen LogP contribution in [0.3, 0.4) is 0 Å². The average Bonchev–Trinajstić information content (AvgIpc) is 2.86. The first kappa shape index (κ1) is 16.9. The van der Waals surface area contributed by atoms with Gasteiger partial charge in [0.05, 0.1) is 25.9 Å². The molecule has 0 amide bonds. The van der Waals surface area contributed by atoms with Crippen molar-refractivity contribution in [3.63, 3.8) is 0 Å². The molecule has 114 valence electrons. The molecule has 3 N–H and O–H groups in total. The number of aliphatic hydroxyl groups is 2. The Hall–Kier alpha value is -0.200. The largest absolute Gasteiger partial charge is 0.396 e. The van der Waals surface area contributed by atoms with Crippen molar-refractivity contribution in [3.05, 3.63) is 0 Å². The Morgan fingerprint density at radius 2 is 1.95 bits per heavy atom. The van der Waals surface area contributed by atoms with E-state index < -0.39 is 6.10 Å². The zero-order valence-electron chi connectivity index (χ0n) is 12.0. The molecule has 5 nitrogen and oxygen atoms in total. The normalized spacial score (nSPS) is 24.8. The third-order valence-corrected chi connectivity index (χ3v) is 3.72. The highest BCUT2D eigenvalue weighted by atomic mass is 16.5. The van der Waals surface area contributed by atoms with E-state index in [1.807, 2.05) is 6.92 Å². The first-order valence-corrected chi connectivity index (χ1v) is 7.43. The lowest BCUT2D eigenvalue weighted by molar-refractivity contribution is 0.00612. The van der Waals surface area contributed by atoms with Gasteiger partial charge >= 0.3 is 0 Å². The third kappa shape index (κ3) is 7.22. The van der Waals surface area contributed by atoms with Crippen molar-refractivity contribution in [2.75, 3.05) is 46.1 Å². The Balaban J connectivity index is 1.96. The minimum atomic E-state index is -0.476. The van der Waals surface area contributed by atoms with Crippen molar-refractivity contribution in [1.82, 2.24) is 5.32 Å². The quantitative estimate of drug-likeness (QED) is 0.476. The van der Waals surface area contributed by atoms with E-state index >= 15 is 0 Å². The lowest BCUT2D eigenvalue weighted by Crippen LogP contribution is -2.35. The Bertz CT molecular complexity index is 216. The topological polar surface area (TPSA) is 71.0 Å². The summed E-state index contributed by atoms with van der Waals surface area (Å²) in [5, 5.41) is 22.2. The van der Waals surface area contributed by atoms with Gasteiger partial charge in [-0.05, 0) is 38.1 Å². The fourth-order valence-corrected chi connectivity index (χ4v) is 2.60. The number of nitrogens with one attached hydrogen (secondary N) is 1. The Morgan fingerprint density at radius 3 is 2.68 bits per heavy atom. The molecular weight excluding hydrogens is 246 g/mol. The molecule has 0 aromatic heterocycles. The SMILES string of the molecule is CCOCCOCC(O)CNCC1CCCC1CO. The average molecular weight is 275 g/mol. The minimum Gasteiger partial charge on any atom is -0.396 e. The second-order valence-electron chi connectivity index (χ2n) is 5.22. The molecule has 0 aromatic rings. The summed E-state index contributed by atoms with van der Waals surface area (Å²) < 4.78 is 10.4. The summed E-state index contributed by atoms with van der Waals surface area (Å²) in [6.45, 7) is 5.80. The molecular formula is C14H29NO4. The molecule has 19 heavy (non-hydrogen) atoms. The van der Waals surface area contributed by atoms with Crippen LogP contribution in [0.1, 0.15) is 26.2 Å². The van der Waals surface area contributed by atoms with Crippen molar-refractivity contribution in [2.45, 2.75) is 32.3 Å². The number of hydrogen-bond donors (Lipinski definition) is 3. The molecule has 0 aromatic carbocycles. The van der Waals surface area contributed by atoms with E-state index in [1.54, 1.807) is 0 Å². The second kappa shape index (κ2) is 10.6. The van der Waals surface area contributed by atoms with Crippen LogP contribution in [0.25, 0.3) is 0 Å². The maximum absolute atomic E-state index is 9.73. The van der Waals surface area contributed by atoms with Crippen LogP contribution in [0.4, 0.5) is 0 Å². The van der Waals surface area contributed by atoms with Crippen molar-refractivity contribution in [3.8, 4) is 0 Å². The van der Waals surface area contributed by atoms with Gasteiger partial charge in [-0.25, -0.2) is 0 Å². The Labute approximate surface area is 116 Å². The maximum Gasteiger partial charge on any atom is 0.0897 e. The summed E-state index contributed by atoms with van der Waals surface area (Å²) in [5.74, 6) is 0.989. The lowest BCUT2D eigenvalue weighted by atomic mass is 9.97. The van der Waals surface area contributed by atoms with E-state index in [2.05, 4.69) is 5.32 Å². The molecule has 0 saturated heterocycles. The molecule has 1 fully saturated rings. The summed E-state index contributed by atoms with van der Waals surface area (Å²) in [4.78, 5) is 0. The van der Waals surface area contributed by atoms with E-state index in [4.69, 9.17) is 9.47 Å². The fraction of sp³-hybridized carbons (Fsp3) is 1.00. The second-order valence-corrected chi connectivity index (χ2v) is 5.22. The maximum atomic E-state index is 9.73. The Kier molecular flexibility index (Phi) is 9.38. The van der Waals surface area contributed by atoms with Gasteiger partial charge in [-0.3, -0.25) is 0 Å². The number of hydrogen-bond acceptors (Lipinski definition) is 5. The summed E-state index contributed by atoms with van der Waals surface area (Å²) in [6, 6.07) is 0. The summed E-state index contributed by atoms with van der Waals surface area (Å²) in [6.07, 6.45) is 3.04. The predicted octanol–water partition coefficient (Wildman–Crippen LogP) is 0.399. The van der Waals surface area contributed by atoms with Crippen molar-refractivity contribution < 1.29 is 19.7 Å². The molecule has 5 heteroatoms. The van der Waals surface area contributed by atoms with Crippen LogP contribution in [0.2, 0.25) is 0 Å². The van der Waals surface area contributed by atoms with E-state index in [0.29, 0.717) is 44.8 Å². The summed E-state index contributed by atoms with van der Waals surface area (Å²) in [7, 11) is 0. The van der Waals surface area contributed by atoms with Gasteiger partial charge in [0.1, 0.15) is 0 Å². The van der Waals surface area contributed by atoms with Crippen LogP contribution in [0.15, 0.2) is 0 Å². The van der Waals surface area contributed by atoms with E-state index in [1.165, 1.54) is 12.8 Å². The van der Waals surface area contributed by atoms with Gasteiger partial charge in [-0.2, -0.15) is 0 Å². The van der Waals surface area contributed by atoms with Gasteiger partial charge in [-0.15, -0.1) is 0 Å². The fourth-order valence-electron chi connectivity index (χ4n) is 2.60. The van der Waals surface area contributed by atoms with E-state index in [9.17, 15) is 10.2 Å². The summed E-state index contributed by atoms with van der Waals surface area (Å²) in [5.41, 5.74) is 0. The van der Waals surface area contributed by atoms with Gasteiger partial charge in [0.25, 0.3) is 0 Å². The van der Waals surface area contributed by atoms with Gasteiger partial charge in [0.15, 0.2) is 0 Å². The van der Waals surface area contributed by atoms with Crippen molar-refractivity contribution in [2.24, 2.45) is 11.8 Å². The molecule has 0 bridgehead atoms. The lowest BCUT2D eigenvalue weighted by Gasteiger charge is -2.19. The van der Waals surface area contributed by atoms with Crippen LogP contribution in [-0.2, 0) is 9.47 Å². The first-order valence-electron chi connectivity index (χ1n) is 7.43. The molecule has 0 heterocycles. The monoisotopic (exact) mass is 275 g/mol. The minimum absolute atomic E-state index is 0.287. The molecule has 3 atom stereocenters.